The third-order valence-corrected chi connectivity index (χ3v) is 6.35. The van der Waals surface area contributed by atoms with E-state index in [1.165, 1.54) is 11.3 Å². The zero-order chi connectivity index (χ0) is 26.6. The molecule has 0 bridgehead atoms. The van der Waals surface area contributed by atoms with Crippen molar-refractivity contribution < 1.29 is 18.7 Å². The second kappa shape index (κ2) is 11.2. The molecule has 0 aliphatic heterocycles. The van der Waals surface area contributed by atoms with Gasteiger partial charge in [-0.2, -0.15) is 0 Å². The molecule has 3 aromatic heterocycles. The molecule has 2 amide bonds. The van der Waals surface area contributed by atoms with Gasteiger partial charge in [-0.3, -0.25) is 9.78 Å². The molecule has 4 rings (SSSR count). The van der Waals surface area contributed by atoms with E-state index in [4.69, 9.17) is 16.3 Å². The SMILES string of the molecule is CC(C)(C)OC(=O)N(CCc1nc(C(=O)NCc2ncc(F)cc2Cl)cs1)Cc1nc2ccccc2[nH]1. The Bertz CT molecular complexity index is 1380. The Labute approximate surface area is 222 Å². The normalized spacial score (nSPS) is 11.5. The van der Waals surface area contributed by atoms with E-state index in [9.17, 15) is 14.0 Å². The lowest BCUT2D eigenvalue weighted by Gasteiger charge is -2.26. The number of hydrogen-bond acceptors (Lipinski definition) is 7. The zero-order valence-corrected chi connectivity index (χ0v) is 22.1. The highest BCUT2D eigenvalue weighted by Gasteiger charge is 2.24. The summed E-state index contributed by atoms with van der Waals surface area (Å²) in [5, 5.41) is 5.13. The van der Waals surface area contributed by atoms with E-state index in [1.54, 1.807) is 10.3 Å². The summed E-state index contributed by atoms with van der Waals surface area (Å²) in [7, 11) is 0. The van der Waals surface area contributed by atoms with Crippen LogP contribution in [0.5, 0.6) is 0 Å². The minimum absolute atomic E-state index is 0.0364. The molecular weight excluding hydrogens is 519 g/mol. The van der Waals surface area contributed by atoms with Crippen LogP contribution in [0.1, 0.15) is 47.8 Å². The molecule has 37 heavy (non-hydrogen) atoms. The first-order valence-electron chi connectivity index (χ1n) is 11.5. The van der Waals surface area contributed by atoms with Crippen LogP contribution in [0.2, 0.25) is 5.02 Å². The lowest BCUT2D eigenvalue weighted by molar-refractivity contribution is 0.0231. The molecule has 1 aromatic carbocycles. The Morgan fingerprint density at radius 1 is 1.24 bits per heavy atom. The molecule has 0 aliphatic carbocycles. The average molecular weight is 545 g/mol. The number of carbonyl (C=O) groups is 2. The van der Waals surface area contributed by atoms with Gasteiger partial charge in [-0.25, -0.2) is 19.2 Å². The predicted molar refractivity (Wildman–Crippen MR) is 139 cm³/mol. The number of benzene rings is 1. The molecule has 0 radical (unpaired) electrons. The molecule has 12 heteroatoms. The fourth-order valence-corrected chi connectivity index (χ4v) is 4.40. The third kappa shape index (κ3) is 7.23. The highest BCUT2D eigenvalue weighted by molar-refractivity contribution is 7.09. The lowest BCUT2D eigenvalue weighted by atomic mass is 10.2. The molecule has 0 aliphatic rings. The summed E-state index contributed by atoms with van der Waals surface area (Å²) in [5.74, 6) is -0.319. The number of hydrogen-bond donors (Lipinski definition) is 2. The Balaban J connectivity index is 1.40. The van der Waals surface area contributed by atoms with Gasteiger partial charge in [-0.05, 0) is 39.0 Å². The second-order valence-corrected chi connectivity index (χ2v) is 10.6. The number of nitrogens with one attached hydrogen (secondary N) is 2. The largest absolute Gasteiger partial charge is 0.444 e. The van der Waals surface area contributed by atoms with E-state index < -0.39 is 23.4 Å². The first-order valence-corrected chi connectivity index (χ1v) is 12.8. The molecule has 194 valence electrons. The van der Waals surface area contributed by atoms with Crippen molar-refractivity contribution in [2.24, 2.45) is 0 Å². The number of pyridine rings is 1. The number of H-pyrrole nitrogens is 1. The van der Waals surface area contributed by atoms with E-state index in [1.807, 2.05) is 45.0 Å². The van der Waals surface area contributed by atoms with Crippen LogP contribution in [0.4, 0.5) is 9.18 Å². The lowest BCUT2D eigenvalue weighted by Crippen LogP contribution is -2.38. The van der Waals surface area contributed by atoms with Crippen LogP contribution in [0, 0.1) is 5.82 Å². The van der Waals surface area contributed by atoms with Gasteiger partial charge >= 0.3 is 6.09 Å². The van der Waals surface area contributed by atoms with Gasteiger partial charge in [-0.15, -0.1) is 11.3 Å². The van der Waals surface area contributed by atoms with E-state index >= 15 is 0 Å². The van der Waals surface area contributed by atoms with E-state index in [0.717, 1.165) is 23.3 Å². The molecule has 4 aromatic rings. The molecule has 0 saturated heterocycles. The topological polar surface area (TPSA) is 113 Å². The van der Waals surface area contributed by atoms with Crippen molar-refractivity contribution in [2.45, 2.75) is 45.9 Å². The number of thiazole rings is 1. The monoisotopic (exact) mass is 544 g/mol. The Hall–Kier alpha value is -3.57. The number of rotatable bonds is 8. The number of halogens is 2. The summed E-state index contributed by atoms with van der Waals surface area (Å²) >= 11 is 7.28. The summed E-state index contributed by atoms with van der Waals surface area (Å²) in [4.78, 5) is 43.1. The van der Waals surface area contributed by atoms with Crippen molar-refractivity contribution in [1.29, 1.82) is 0 Å². The average Bonchev–Trinajstić information content (AvgIpc) is 3.46. The predicted octanol–water partition coefficient (Wildman–Crippen LogP) is 5.12. The molecule has 3 heterocycles. The maximum Gasteiger partial charge on any atom is 0.410 e. The quantitative estimate of drug-likeness (QED) is 0.318. The molecule has 0 atom stereocenters. The van der Waals surface area contributed by atoms with Gasteiger partial charge < -0.3 is 19.9 Å². The van der Waals surface area contributed by atoms with Crippen LogP contribution in [0.25, 0.3) is 11.0 Å². The molecule has 0 fully saturated rings. The number of ether oxygens (including phenoxy) is 1. The fourth-order valence-electron chi connectivity index (χ4n) is 3.41. The number of fused-ring (bicyclic) bond motifs is 1. The van der Waals surface area contributed by atoms with Gasteiger partial charge in [-0.1, -0.05) is 23.7 Å². The summed E-state index contributed by atoms with van der Waals surface area (Å²) in [6.07, 6.45) is 0.991. The highest BCUT2D eigenvalue weighted by atomic mass is 35.5. The van der Waals surface area contributed by atoms with Crippen LogP contribution in [-0.4, -0.2) is 49.0 Å². The Morgan fingerprint density at radius 2 is 2.03 bits per heavy atom. The van der Waals surface area contributed by atoms with Gasteiger partial charge in [0.05, 0.1) is 46.0 Å². The first-order chi connectivity index (χ1) is 17.6. The van der Waals surface area contributed by atoms with Crippen LogP contribution in [0.15, 0.2) is 41.9 Å². The van der Waals surface area contributed by atoms with Gasteiger partial charge in [0.1, 0.15) is 22.9 Å². The first kappa shape index (κ1) is 26.5. The number of carbonyl (C=O) groups excluding carboxylic acids is 2. The van der Waals surface area contributed by atoms with Crippen molar-refractivity contribution in [3.8, 4) is 0 Å². The van der Waals surface area contributed by atoms with Crippen LogP contribution in [-0.2, 0) is 24.2 Å². The number of aromatic amines is 1. The molecule has 9 nitrogen and oxygen atoms in total. The van der Waals surface area contributed by atoms with Crippen molar-refractivity contribution in [3.05, 3.63) is 75.0 Å². The fraction of sp³-hybridized carbons (Fsp3) is 0.320. The van der Waals surface area contributed by atoms with Gasteiger partial charge in [0.2, 0.25) is 0 Å². The van der Waals surface area contributed by atoms with Crippen LogP contribution < -0.4 is 5.32 Å². The number of aromatic nitrogens is 4. The summed E-state index contributed by atoms with van der Waals surface area (Å²) < 4.78 is 18.8. The van der Waals surface area contributed by atoms with Crippen molar-refractivity contribution >= 4 is 46.0 Å². The standard InChI is InChI=1S/C25H26ClFN6O3S/c1-25(2,3)36-24(35)33(13-21-30-17-6-4-5-7-18(17)31-21)9-8-22-32-20(14-37-22)23(34)29-12-19-16(26)10-15(27)11-28-19/h4-7,10-11,14H,8-9,12-13H2,1-3H3,(H,29,34)(H,30,31). The van der Waals surface area contributed by atoms with E-state index in [0.29, 0.717) is 29.5 Å². The van der Waals surface area contributed by atoms with Crippen molar-refractivity contribution in [2.75, 3.05) is 6.54 Å². The molecular formula is C25H26ClFN6O3S. The molecule has 0 unspecified atom stereocenters. The Kier molecular flexibility index (Phi) is 8.03. The summed E-state index contributed by atoms with van der Waals surface area (Å²) in [6.45, 7) is 6.01. The number of amides is 2. The highest BCUT2D eigenvalue weighted by Crippen LogP contribution is 2.18. The van der Waals surface area contributed by atoms with Gasteiger partial charge in [0.15, 0.2) is 0 Å². The van der Waals surface area contributed by atoms with E-state index in [-0.39, 0.29) is 23.8 Å². The molecule has 0 spiro atoms. The third-order valence-electron chi connectivity index (χ3n) is 5.11. The van der Waals surface area contributed by atoms with E-state index in [2.05, 4.69) is 25.3 Å². The van der Waals surface area contributed by atoms with Crippen LogP contribution in [0.3, 0.4) is 0 Å². The summed E-state index contributed by atoms with van der Waals surface area (Å²) in [6, 6.07) is 8.77. The number of para-hydroxylation sites is 2. The van der Waals surface area contributed by atoms with Crippen molar-refractivity contribution in [1.82, 2.24) is 30.2 Å². The Morgan fingerprint density at radius 3 is 2.76 bits per heavy atom. The zero-order valence-electron chi connectivity index (χ0n) is 20.5. The second-order valence-electron chi connectivity index (χ2n) is 9.24. The number of imidazole rings is 1. The van der Waals surface area contributed by atoms with Crippen molar-refractivity contribution in [3.63, 3.8) is 0 Å². The maximum absolute atomic E-state index is 13.2. The molecule has 2 N–H and O–H groups in total. The van der Waals surface area contributed by atoms with Gasteiger partial charge in [0.25, 0.3) is 5.91 Å². The van der Waals surface area contributed by atoms with Crippen LogP contribution >= 0.6 is 22.9 Å². The molecule has 0 saturated carbocycles. The van der Waals surface area contributed by atoms with Gasteiger partial charge in [0, 0.05) is 18.3 Å². The smallest absolute Gasteiger partial charge is 0.410 e. The minimum Gasteiger partial charge on any atom is -0.444 e. The maximum atomic E-state index is 13.2. The summed E-state index contributed by atoms with van der Waals surface area (Å²) in [5.41, 5.74) is 1.63. The minimum atomic E-state index is -0.655. The number of nitrogens with zero attached hydrogens (tertiary/aromatic N) is 4.